The summed E-state index contributed by atoms with van der Waals surface area (Å²) in [7, 11) is 5.92. The molecule has 1 aromatic heterocycles. The lowest BCUT2D eigenvalue weighted by Crippen LogP contribution is -2.28. The van der Waals surface area contributed by atoms with Crippen LogP contribution in [0.15, 0.2) is 24.3 Å². The number of carbonyl (C=O) groups is 1. The molecule has 0 aliphatic heterocycles. The summed E-state index contributed by atoms with van der Waals surface area (Å²) in [5.74, 6) is -0.411. The summed E-state index contributed by atoms with van der Waals surface area (Å²) in [6.45, 7) is 3.63. The Balaban J connectivity index is 2.57. The van der Waals surface area contributed by atoms with E-state index in [1.165, 1.54) is 11.3 Å². The lowest BCUT2D eigenvalue weighted by molar-refractivity contribution is 0.0533. The van der Waals surface area contributed by atoms with Gasteiger partial charge in [0.2, 0.25) is 0 Å². The van der Waals surface area contributed by atoms with Gasteiger partial charge in [0, 0.05) is 30.7 Å². The second-order valence-electron chi connectivity index (χ2n) is 6.05. The van der Waals surface area contributed by atoms with Gasteiger partial charge in [-0.15, -0.1) is 11.3 Å². The number of nitrogens with zero attached hydrogens (tertiary/aromatic N) is 3. The maximum atomic E-state index is 12.5. The highest BCUT2D eigenvalue weighted by Gasteiger charge is 2.26. The van der Waals surface area contributed by atoms with Crippen LogP contribution in [0.1, 0.15) is 22.2 Å². The standard InChI is InChI=1S/C19H22ClN3O2S/c1-5-25-19(24)17-16(13-6-8-14(20)9-7-13)15(12-21)18(26-17)23(4)11-10-22(2)3/h6-9H,5,10-11H2,1-4H3. The molecule has 0 saturated carbocycles. The Labute approximate surface area is 163 Å². The van der Waals surface area contributed by atoms with Crippen molar-refractivity contribution in [3.63, 3.8) is 0 Å². The zero-order valence-electron chi connectivity index (χ0n) is 15.4. The average molecular weight is 392 g/mol. The Morgan fingerprint density at radius 1 is 1.23 bits per heavy atom. The van der Waals surface area contributed by atoms with E-state index < -0.39 is 5.97 Å². The molecule has 0 radical (unpaired) electrons. The number of thiophene rings is 1. The van der Waals surface area contributed by atoms with Gasteiger partial charge in [-0.05, 0) is 38.7 Å². The van der Waals surface area contributed by atoms with E-state index in [2.05, 4.69) is 11.0 Å². The number of carbonyl (C=O) groups excluding carboxylic acids is 1. The number of esters is 1. The molecule has 0 aliphatic rings. The Morgan fingerprint density at radius 3 is 2.42 bits per heavy atom. The maximum absolute atomic E-state index is 12.5. The number of rotatable bonds is 7. The van der Waals surface area contributed by atoms with E-state index in [9.17, 15) is 10.1 Å². The fourth-order valence-corrected chi connectivity index (χ4v) is 3.76. The fraction of sp³-hybridized carbons (Fsp3) is 0.368. The molecule has 138 valence electrons. The first-order valence-corrected chi connectivity index (χ1v) is 9.44. The van der Waals surface area contributed by atoms with Crippen LogP contribution in [-0.4, -0.2) is 51.7 Å². The summed E-state index contributed by atoms with van der Waals surface area (Å²) in [5, 5.41) is 11.2. The first-order chi connectivity index (χ1) is 12.4. The van der Waals surface area contributed by atoms with Gasteiger partial charge in [0.15, 0.2) is 0 Å². The second-order valence-corrected chi connectivity index (χ2v) is 7.49. The molecule has 0 spiro atoms. The van der Waals surface area contributed by atoms with Crippen LogP contribution in [0.2, 0.25) is 5.02 Å². The lowest BCUT2D eigenvalue weighted by Gasteiger charge is -2.20. The van der Waals surface area contributed by atoms with Crippen LogP contribution in [0, 0.1) is 11.3 Å². The minimum absolute atomic E-state index is 0.282. The zero-order valence-corrected chi connectivity index (χ0v) is 16.9. The molecule has 0 saturated heterocycles. The summed E-state index contributed by atoms with van der Waals surface area (Å²) in [4.78, 5) is 17.0. The van der Waals surface area contributed by atoms with Gasteiger partial charge in [0.05, 0.1) is 12.2 Å². The smallest absolute Gasteiger partial charge is 0.349 e. The predicted octanol–water partition coefficient (Wildman–Crippen LogP) is 4.11. The Kier molecular flexibility index (Phi) is 7.04. The molecule has 0 atom stereocenters. The Bertz CT molecular complexity index is 809. The van der Waals surface area contributed by atoms with Crippen molar-refractivity contribution in [1.29, 1.82) is 5.26 Å². The normalized spacial score (nSPS) is 10.7. The number of benzene rings is 1. The van der Waals surface area contributed by atoms with Gasteiger partial charge in [-0.2, -0.15) is 5.26 Å². The minimum atomic E-state index is -0.411. The highest BCUT2D eigenvalue weighted by atomic mass is 35.5. The number of ether oxygens (including phenoxy) is 1. The monoisotopic (exact) mass is 391 g/mol. The third-order valence-corrected chi connectivity index (χ3v) is 5.36. The summed E-state index contributed by atoms with van der Waals surface area (Å²) in [6, 6.07) is 9.41. The molecule has 0 aliphatic carbocycles. The quantitative estimate of drug-likeness (QED) is 0.664. The number of hydrogen-bond acceptors (Lipinski definition) is 6. The molecule has 2 aromatic rings. The molecule has 0 fully saturated rings. The van der Waals surface area contributed by atoms with Gasteiger partial charge in [-0.25, -0.2) is 4.79 Å². The van der Waals surface area contributed by atoms with Gasteiger partial charge in [-0.1, -0.05) is 23.7 Å². The maximum Gasteiger partial charge on any atom is 0.349 e. The van der Waals surface area contributed by atoms with E-state index in [0.717, 1.165) is 23.7 Å². The zero-order chi connectivity index (χ0) is 19.3. The SMILES string of the molecule is CCOC(=O)c1sc(N(C)CCN(C)C)c(C#N)c1-c1ccc(Cl)cc1. The van der Waals surface area contributed by atoms with Crippen LogP contribution in [0.3, 0.4) is 0 Å². The summed E-state index contributed by atoms with van der Waals surface area (Å²) < 4.78 is 5.21. The Hall–Kier alpha value is -2.07. The summed E-state index contributed by atoms with van der Waals surface area (Å²) in [5.41, 5.74) is 1.87. The highest BCUT2D eigenvalue weighted by Crippen LogP contribution is 2.42. The van der Waals surface area contributed by atoms with E-state index in [1.807, 2.05) is 38.2 Å². The van der Waals surface area contributed by atoms with Crippen molar-refractivity contribution < 1.29 is 9.53 Å². The van der Waals surface area contributed by atoms with Gasteiger partial charge in [0.1, 0.15) is 15.9 Å². The number of hydrogen-bond donors (Lipinski definition) is 0. The molecule has 1 aromatic carbocycles. The number of nitriles is 1. The van der Waals surface area contributed by atoms with Crippen LogP contribution in [0.4, 0.5) is 5.00 Å². The van der Waals surface area contributed by atoms with Gasteiger partial charge < -0.3 is 14.5 Å². The average Bonchev–Trinajstić information content (AvgIpc) is 3.00. The van der Waals surface area contributed by atoms with Crippen molar-refractivity contribution in [2.75, 3.05) is 45.7 Å². The molecule has 1 heterocycles. The molecule has 7 heteroatoms. The number of halogens is 1. The highest BCUT2D eigenvalue weighted by molar-refractivity contribution is 7.18. The van der Waals surface area contributed by atoms with Crippen molar-refractivity contribution in [2.24, 2.45) is 0 Å². The van der Waals surface area contributed by atoms with Gasteiger partial charge >= 0.3 is 5.97 Å². The molecule has 0 unspecified atom stereocenters. The first-order valence-electron chi connectivity index (χ1n) is 8.24. The van der Waals surface area contributed by atoms with E-state index in [1.54, 1.807) is 19.1 Å². The molecule has 5 nitrogen and oxygen atoms in total. The molecule has 0 bridgehead atoms. The Morgan fingerprint density at radius 2 is 1.88 bits per heavy atom. The van der Waals surface area contributed by atoms with E-state index in [-0.39, 0.29) is 6.61 Å². The fourth-order valence-electron chi connectivity index (χ4n) is 2.48. The lowest BCUT2D eigenvalue weighted by atomic mass is 10.0. The molecule has 2 rings (SSSR count). The molecule has 26 heavy (non-hydrogen) atoms. The van der Waals surface area contributed by atoms with Crippen LogP contribution in [0.25, 0.3) is 11.1 Å². The van der Waals surface area contributed by atoms with E-state index in [4.69, 9.17) is 16.3 Å². The van der Waals surface area contributed by atoms with Crippen LogP contribution < -0.4 is 4.90 Å². The van der Waals surface area contributed by atoms with Crippen molar-refractivity contribution >= 4 is 33.9 Å². The van der Waals surface area contributed by atoms with Crippen molar-refractivity contribution in [3.05, 3.63) is 39.7 Å². The van der Waals surface area contributed by atoms with E-state index in [0.29, 0.717) is 21.0 Å². The van der Waals surface area contributed by atoms with Crippen LogP contribution in [0.5, 0.6) is 0 Å². The predicted molar refractivity (Wildman–Crippen MR) is 107 cm³/mol. The van der Waals surface area contributed by atoms with Crippen molar-refractivity contribution in [1.82, 2.24) is 4.90 Å². The van der Waals surface area contributed by atoms with Crippen molar-refractivity contribution in [2.45, 2.75) is 6.92 Å². The molecular weight excluding hydrogens is 370 g/mol. The van der Waals surface area contributed by atoms with Crippen LogP contribution >= 0.6 is 22.9 Å². The minimum Gasteiger partial charge on any atom is -0.462 e. The van der Waals surface area contributed by atoms with Gasteiger partial charge in [-0.3, -0.25) is 0 Å². The molecule has 0 amide bonds. The molecule has 0 N–H and O–H groups in total. The number of anilines is 1. The molecular formula is C19H22ClN3O2S. The van der Waals surface area contributed by atoms with Crippen molar-refractivity contribution in [3.8, 4) is 17.2 Å². The number of likely N-dealkylation sites (N-methyl/N-ethyl adjacent to an activating group) is 2. The summed E-state index contributed by atoms with van der Waals surface area (Å²) in [6.07, 6.45) is 0. The van der Waals surface area contributed by atoms with Crippen LogP contribution in [-0.2, 0) is 4.74 Å². The first kappa shape index (κ1) is 20.2. The largest absolute Gasteiger partial charge is 0.462 e. The second kappa shape index (κ2) is 9.04. The summed E-state index contributed by atoms with van der Waals surface area (Å²) >= 11 is 7.28. The topological polar surface area (TPSA) is 56.6 Å². The third kappa shape index (κ3) is 4.55. The van der Waals surface area contributed by atoms with E-state index >= 15 is 0 Å². The van der Waals surface area contributed by atoms with Gasteiger partial charge in [0.25, 0.3) is 0 Å². The third-order valence-electron chi connectivity index (χ3n) is 3.82.